The molecule has 0 spiro atoms. The monoisotopic (exact) mass is 213 g/mol. The molecule has 0 saturated heterocycles. The highest BCUT2D eigenvalue weighted by molar-refractivity contribution is 6.30. The fraction of sp³-hybridized carbons (Fsp3) is 0.273. The summed E-state index contributed by atoms with van der Waals surface area (Å²) in [6.07, 6.45) is 2.35. The van der Waals surface area contributed by atoms with Gasteiger partial charge in [0, 0.05) is 5.54 Å². The minimum absolute atomic E-state index is 0.100. The van der Waals surface area contributed by atoms with Gasteiger partial charge in [-0.25, -0.2) is 4.39 Å². The second-order valence-corrected chi connectivity index (χ2v) is 3.95. The molecule has 2 N–H and O–H groups in total. The third-order valence-corrected chi connectivity index (χ3v) is 2.44. The number of benzene rings is 1. The molecule has 0 bridgehead atoms. The van der Waals surface area contributed by atoms with Crippen LogP contribution in [-0.2, 0) is 5.54 Å². The van der Waals surface area contributed by atoms with Crippen LogP contribution >= 0.6 is 11.6 Å². The highest BCUT2D eigenvalue weighted by Crippen LogP contribution is 2.26. The summed E-state index contributed by atoms with van der Waals surface area (Å²) in [6, 6.07) is 4.52. The van der Waals surface area contributed by atoms with Crippen molar-refractivity contribution in [3.05, 3.63) is 47.3 Å². The first-order valence-electron chi connectivity index (χ1n) is 4.32. The standard InChI is InChI=1S/C11H13ClFN/c1-3-6-11(2,14)8-4-5-10(13)9(12)7-8/h3-5,7H,1,6,14H2,2H3/t11-/m0/s1. The van der Waals surface area contributed by atoms with Crippen LogP contribution < -0.4 is 5.73 Å². The van der Waals surface area contributed by atoms with E-state index in [1.807, 2.05) is 6.92 Å². The first-order valence-corrected chi connectivity index (χ1v) is 4.70. The Hall–Kier alpha value is -0.860. The minimum Gasteiger partial charge on any atom is -0.321 e. The van der Waals surface area contributed by atoms with Crippen molar-refractivity contribution in [3.8, 4) is 0 Å². The van der Waals surface area contributed by atoms with E-state index in [0.717, 1.165) is 5.56 Å². The minimum atomic E-state index is -0.543. The lowest BCUT2D eigenvalue weighted by molar-refractivity contribution is 0.501. The average Bonchev–Trinajstić information content (AvgIpc) is 2.09. The molecule has 1 atom stereocenters. The predicted octanol–water partition coefficient (Wildman–Crippen LogP) is 3.23. The van der Waals surface area contributed by atoms with Gasteiger partial charge in [0.05, 0.1) is 5.02 Å². The van der Waals surface area contributed by atoms with Crippen molar-refractivity contribution in [3.63, 3.8) is 0 Å². The number of rotatable bonds is 3. The highest BCUT2D eigenvalue weighted by Gasteiger charge is 2.20. The molecule has 0 heterocycles. The Bertz CT molecular complexity index is 347. The van der Waals surface area contributed by atoms with Crippen molar-refractivity contribution >= 4 is 11.6 Å². The first kappa shape index (κ1) is 11.2. The highest BCUT2D eigenvalue weighted by atomic mass is 35.5. The Morgan fingerprint density at radius 1 is 1.64 bits per heavy atom. The number of nitrogens with two attached hydrogens (primary N) is 1. The van der Waals surface area contributed by atoms with Gasteiger partial charge in [0.15, 0.2) is 0 Å². The molecule has 0 unspecified atom stereocenters. The number of hydrogen-bond donors (Lipinski definition) is 1. The van der Waals surface area contributed by atoms with Crippen LogP contribution in [0.15, 0.2) is 30.9 Å². The van der Waals surface area contributed by atoms with Crippen LogP contribution in [0.1, 0.15) is 18.9 Å². The predicted molar refractivity (Wildman–Crippen MR) is 57.8 cm³/mol. The van der Waals surface area contributed by atoms with Gasteiger partial charge in [-0.3, -0.25) is 0 Å². The van der Waals surface area contributed by atoms with Gasteiger partial charge >= 0.3 is 0 Å². The molecule has 1 aromatic rings. The molecule has 3 heteroatoms. The molecular formula is C11H13ClFN. The van der Waals surface area contributed by atoms with Crippen molar-refractivity contribution in [1.29, 1.82) is 0 Å². The van der Waals surface area contributed by atoms with Crippen molar-refractivity contribution in [1.82, 2.24) is 0 Å². The second-order valence-electron chi connectivity index (χ2n) is 3.54. The van der Waals surface area contributed by atoms with Gasteiger partial charge in [-0.05, 0) is 31.0 Å². The van der Waals surface area contributed by atoms with E-state index >= 15 is 0 Å². The molecule has 1 rings (SSSR count). The topological polar surface area (TPSA) is 26.0 Å². The summed E-state index contributed by atoms with van der Waals surface area (Å²) in [5, 5.41) is 0.100. The van der Waals surface area contributed by atoms with Gasteiger partial charge in [-0.15, -0.1) is 6.58 Å². The molecule has 14 heavy (non-hydrogen) atoms. The lowest BCUT2D eigenvalue weighted by atomic mass is 9.90. The van der Waals surface area contributed by atoms with E-state index < -0.39 is 11.4 Å². The molecule has 0 aliphatic rings. The normalized spacial score (nSPS) is 14.9. The van der Waals surface area contributed by atoms with Crippen molar-refractivity contribution in [2.24, 2.45) is 5.73 Å². The SMILES string of the molecule is C=CC[C@](C)(N)c1ccc(F)c(Cl)c1. The van der Waals surface area contributed by atoms with E-state index in [-0.39, 0.29) is 5.02 Å². The zero-order chi connectivity index (χ0) is 10.8. The lowest BCUT2D eigenvalue weighted by Crippen LogP contribution is -2.32. The summed E-state index contributed by atoms with van der Waals surface area (Å²) in [6.45, 7) is 5.48. The molecule has 0 amide bonds. The maximum atomic E-state index is 12.9. The molecule has 0 aliphatic carbocycles. The Morgan fingerprint density at radius 2 is 2.29 bits per heavy atom. The summed E-state index contributed by atoms with van der Waals surface area (Å²) in [4.78, 5) is 0. The van der Waals surface area contributed by atoms with E-state index in [2.05, 4.69) is 6.58 Å². The zero-order valence-electron chi connectivity index (χ0n) is 8.06. The maximum absolute atomic E-state index is 12.9. The van der Waals surface area contributed by atoms with E-state index in [4.69, 9.17) is 17.3 Å². The van der Waals surface area contributed by atoms with Crippen molar-refractivity contribution in [2.75, 3.05) is 0 Å². The quantitative estimate of drug-likeness (QED) is 0.767. The van der Waals surface area contributed by atoms with E-state index in [9.17, 15) is 4.39 Å². The fourth-order valence-corrected chi connectivity index (χ4v) is 1.45. The van der Waals surface area contributed by atoms with Crippen LogP contribution in [-0.4, -0.2) is 0 Å². The Balaban J connectivity index is 3.07. The van der Waals surface area contributed by atoms with Gasteiger partial charge in [-0.2, -0.15) is 0 Å². The fourth-order valence-electron chi connectivity index (χ4n) is 1.27. The van der Waals surface area contributed by atoms with Crippen molar-refractivity contribution < 1.29 is 4.39 Å². The lowest BCUT2D eigenvalue weighted by Gasteiger charge is -2.23. The van der Waals surface area contributed by atoms with E-state index in [0.29, 0.717) is 6.42 Å². The summed E-state index contributed by atoms with van der Waals surface area (Å²) >= 11 is 5.66. The van der Waals surface area contributed by atoms with E-state index in [1.54, 1.807) is 18.2 Å². The first-order chi connectivity index (χ1) is 6.47. The summed E-state index contributed by atoms with van der Waals surface area (Å²) in [7, 11) is 0. The Morgan fingerprint density at radius 3 is 2.79 bits per heavy atom. The third kappa shape index (κ3) is 2.34. The van der Waals surface area contributed by atoms with Crippen molar-refractivity contribution in [2.45, 2.75) is 18.9 Å². The largest absolute Gasteiger partial charge is 0.321 e. The molecule has 0 fully saturated rings. The zero-order valence-corrected chi connectivity index (χ0v) is 8.81. The van der Waals surface area contributed by atoms with Gasteiger partial charge in [0.2, 0.25) is 0 Å². The average molecular weight is 214 g/mol. The Kier molecular flexibility index (Phi) is 3.29. The molecule has 76 valence electrons. The van der Waals surface area contributed by atoms with Crippen LogP contribution in [0.25, 0.3) is 0 Å². The molecule has 1 nitrogen and oxygen atoms in total. The molecule has 0 aliphatic heterocycles. The number of halogens is 2. The van der Waals surface area contributed by atoms with Crippen LogP contribution in [0.3, 0.4) is 0 Å². The molecule has 0 aromatic heterocycles. The van der Waals surface area contributed by atoms with Crippen LogP contribution in [0.5, 0.6) is 0 Å². The molecule has 0 saturated carbocycles. The third-order valence-electron chi connectivity index (χ3n) is 2.15. The van der Waals surface area contributed by atoms with Crippen LogP contribution in [0.2, 0.25) is 5.02 Å². The van der Waals surface area contributed by atoms with Gasteiger partial charge < -0.3 is 5.73 Å². The summed E-state index contributed by atoms with van der Waals surface area (Å²) in [5.74, 6) is -0.426. The smallest absolute Gasteiger partial charge is 0.141 e. The van der Waals surface area contributed by atoms with Crippen LogP contribution in [0.4, 0.5) is 4.39 Å². The number of hydrogen-bond acceptors (Lipinski definition) is 1. The van der Waals surface area contributed by atoms with Gasteiger partial charge in [0.25, 0.3) is 0 Å². The Labute approximate surface area is 88.4 Å². The van der Waals surface area contributed by atoms with Crippen LogP contribution in [0, 0.1) is 5.82 Å². The van der Waals surface area contributed by atoms with Gasteiger partial charge in [0.1, 0.15) is 5.82 Å². The summed E-state index contributed by atoms with van der Waals surface area (Å²) < 4.78 is 12.9. The molecule has 1 aromatic carbocycles. The second kappa shape index (κ2) is 4.11. The summed E-state index contributed by atoms with van der Waals surface area (Å²) in [5.41, 5.74) is 6.28. The maximum Gasteiger partial charge on any atom is 0.141 e. The van der Waals surface area contributed by atoms with E-state index in [1.165, 1.54) is 6.07 Å². The van der Waals surface area contributed by atoms with Gasteiger partial charge in [-0.1, -0.05) is 23.7 Å². The molecular weight excluding hydrogens is 201 g/mol. The molecule has 0 radical (unpaired) electrons.